The minimum absolute atomic E-state index is 0.0853. The number of amides is 1. The van der Waals surface area contributed by atoms with Crippen LogP contribution in [-0.2, 0) is 11.2 Å². The minimum atomic E-state index is -0.524. The van der Waals surface area contributed by atoms with Crippen LogP contribution in [0.2, 0.25) is 0 Å². The van der Waals surface area contributed by atoms with Crippen molar-refractivity contribution >= 4 is 17.7 Å². The van der Waals surface area contributed by atoms with Gasteiger partial charge < -0.3 is 10.3 Å². The molecule has 130 valence electrons. The summed E-state index contributed by atoms with van der Waals surface area (Å²) < 4.78 is 0. The lowest BCUT2D eigenvalue weighted by Crippen LogP contribution is -2.28. The summed E-state index contributed by atoms with van der Waals surface area (Å²) in [7, 11) is 0. The molecule has 0 saturated heterocycles. The molecule has 1 atom stereocenters. The molecule has 0 fully saturated rings. The zero-order valence-corrected chi connectivity index (χ0v) is 15.2. The number of aryl methyl sites for hydroxylation is 2. The summed E-state index contributed by atoms with van der Waals surface area (Å²) in [6.45, 7) is 5.64. The highest BCUT2D eigenvalue weighted by Crippen LogP contribution is 2.20. The van der Waals surface area contributed by atoms with Crippen LogP contribution in [-0.4, -0.2) is 21.6 Å². The zero-order valence-electron chi connectivity index (χ0n) is 14.4. The van der Waals surface area contributed by atoms with Gasteiger partial charge in [-0.15, -0.1) is 0 Å². The normalized spacial score (nSPS) is 11.6. The lowest BCUT2D eigenvalue weighted by Gasteiger charge is -2.14. The number of rotatable bonds is 6. The second-order valence-electron chi connectivity index (χ2n) is 5.63. The molecule has 1 amide bonds. The van der Waals surface area contributed by atoms with Gasteiger partial charge in [-0.25, -0.2) is 4.79 Å². The molecule has 1 aromatic carbocycles. The van der Waals surface area contributed by atoms with Gasteiger partial charge in [0.2, 0.25) is 5.91 Å². The molecular weight excluding hydrogens is 336 g/mol. The molecule has 6 nitrogen and oxygen atoms in total. The lowest BCUT2D eigenvalue weighted by molar-refractivity contribution is -0.119. The van der Waals surface area contributed by atoms with Gasteiger partial charge in [-0.3, -0.25) is 4.79 Å². The number of aromatic amines is 1. The van der Waals surface area contributed by atoms with Crippen LogP contribution < -0.4 is 11.0 Å². The molecular formula is C18H20N4O2S. The number of hydrogen-bond donors (Lipinski definition) is 2. The van der Waals surface area contributed by atoms with E-state index in [-0.39, 0.29) is 22.7 Å². The van der Waals surface area contributed by atoms with Gasteiger partial charge in [0, 0.05) is 5.69 Å². The van der Waals surface area contributed by atoms with Crippen LogP contribution in [0, 0.1) is 18.3 Å². The van der Waals surface area contributed by atoms with Crippen molar-refractivity contribution in [2.45, 2.75) is 38.3 Å². The van der Waals surface area contributed by atoms with Crippen molar-refractivity contribution in [2.75, 3.05) is 5.75 Å². The third kappa shape index (κ3) is 4.94. The lowest BCUT2D eigenvalue weighted by atomic mass is 10.1. The molecule has 0 saturated carbocycles. The van der Waals surface area contributed by atoms with Crippen molar-refractivity contribution < 1.29 is 4.79 Å². The Hall–Kier alpha value is -2.59. The summed E-state index contributed by atoms with van der Waals surface area (Å²) in [5.74, 6) is -0.0946. The highest BCUT2D eigenvalue weighted by Gasteiger charge is 2.14. The fourth-order valence-corrected chi connectivity index (χ4v) is 3.18. The molecule has 1 heterocycles. The van der Waals surface area contributed by atoms with Crippen molar-refractivity contribution in [3.8, 4) is 6.07 Å². The van der Waals surface area contributed by atoms with E-state index in [1.807, 2.05) is 25.1 Å². The molecule has 0 aliphatic carbocycles. The standard InChI is InChI=1S/C18H20N4O2S/c1-4-13-5-7-14(8-6-13)11(2)20-16(23)10-25-17-15(9-19)12(3)21-18(24)22-17/h5-8,11H,4,10H2,1-3H3,(H,20,23)(H,21,22,24)/t11-/m1/s1. The number of nitrogens with zero attached hydrogens (tertiary/aromatic N) is 2. The van der Waals surface area contributed by atoms with E-state index < -0.39 is 5.69 Å². The summed E-state index contributed by atoms with van der Waals surface area (Å²) in [6.07, 6.45) is 0.974. The van der Waals surface area contributed by atoms with E-state index in [2.05, 4.69) is 34.3 Å². The van der Waals surface area contributed by atoms with Crippen LogP contribution in [0.25, 0.3) is 0 Å². The molecule has 0 radical (unpaired) electrons. The Bertz CT molecular complexity index is 853. The Labute approximate surface area is 150 Å². The number of H-pyrrole nitrogens is 1. The molecule has 0 aliphatic heterocycles. The van der Waals surface area contributed by atoms with E-state index >= 15 is 0 Å². The molecule has 2 aromatic rings. The van der Waals surface area contributed by atoms with Gasteiger partial charge in [0.1, 0.15) is 16.7 Å². The summed E-state index contributed by atoms with van der Waals surface area (Å²) >= 11 is 1.09. The second kappa shape index (κ2) is 8.49. The van der Waals surface area contributed by atoms with E-state index in [4.69, 9.17) is 5.26 Å². The Morgan fingerprint density at radius 2 is 2.08 bits per heavy atom. The topological polar surface area (TPSA) is 98.6 Å². The monoisotopic (exact) mass is 356 g/mol. The van der Waals surface area contributed by atoms with Gasteiger partial charge >= 0.3 is 5.69 Å². The minimum Gasteiger partial charge on any atom is -0.349 e. The summed E-state index contributed by atoms with van der Waals surface area (Å²) in [5, 5.41) is 12.4. The Kier molecular flexibility index (Phi) is 6.37. The predicted molar refractivity (Wildman–Crippen MR) is 97.4 cm³/mol. The number of benzene rings is 1. The Morgan fingerprint density at radius 1 is 1.40 bits per heavy atom. The van der Waals surface area contributed by atoms with E-state index in [9.17, 15) is 9.59 Å². The highest BCUT2D eigenvalue weighted by atomic mass is 32.2. The fraction of sp³-hybridized carbons (Fsp3) is 0.333. The first-order chi connectivity index (χ1) is 11.9. The quantitative estimate of drug-likeness (QED) is 0.612. The fourth-order valence-electron chi connectivity index (χ4n) is 2.34. The zero-order chi connectivity index (χ0) is 18.4. The smallest absolute Gasteiger partial charge is 0.346 e. The van der Waals surface area contributed by atoms with Crippen molar-refractivity contribution in [2.24, 2.45) is 0 Å². The maximum absolute atomic E-state index is 12.2. The molecule has 0 bridgehead atoms. The second-order valence-corrected chi connectivity index (χ2v) is 6.60. The molecule has 1 aromatic heterocycles. The van der Waals surface area contributed by atoms with Gasteiger partial charge in [0.25, 0.3) is 0 Å². The summed E-state index contributed by atoms with van der Waals surface area (Å²) in [6, 6.07) is 10.00. The molecule has 0 unspecified atom stereocenters. The van der Waals surface area contributed by atoms with Crippen molar-refractivity contribution in [3.63, 3.8) is 0 Å². The number of hydrogen-bond acceptors (Lipinski definition) is 5. The largest absolute Gasteiger partial charge is 0.349 e. The van der Waals surface area contributed by atoms with Crippen LogP contribution in [0.1, 0.15) is 42.3 Å². The van der Waals surface area contributed by atoms with Crippen LogP contribution in [0.5, 0.6) is 0 Å². The maximum Gasteiger partial charge on any atom is 0.346 e. The number of carbonyl (C=O) groups excluding carboxylic acids is 1. The Morgan fingerprint density at radius 3 is 2.68 bits per heavy atom. The Balaban J connectivity index is 1.99. The van der Waals surface area contributed by atoms with Gasteiger partial charge in [-0.1, -0.05) is 43.0 Å². The van der Waals surface area contributed by atoms with E-state index in [0.717, 1.165) is 23.7 Å². The van der Waals surface area contributed by atoms with Crippen LogP contribution in [0.15, 0.2) is 34.1 Å². The third-order valence-corrected chi connectivity index (χ3v) is 4.78. The highest BCUT2D eigenvalue weighted by molar-refractivity contribution is 8.00. The first-order valence-corrected chi connectivity index (χ1v) is 8.95. The molecule has 2 N–H and O–H groups in total. The van der Waals surface area contributed by atoms with Crippen LogP contribution >= 0.6 is 11.8 Å². The average molecular weight is 356 g/mol. The van der Waals surface area contributed by atoms with E-state index in [0.29, 0.717) is 11.3 Å². The summed E-state index contributed by atoms with van der Waals surface area (Å²) in [5.41, 5.74) is 2.50. The number of thioether (sulfide) groups is 1. The predicted octanol–water partition coefficient (Wildman–Crippen LogP) is 2.48. The van der Waals surface area contributed by atoms with Gasteiger partial charge in [0.05, 0.1) is 11.8 Å². The summed E-state index contributed by atoms with van der Waals surface area (Å²) in [4.78, 5) is 29.9. The molecule has 2 rings (SSSR count). The van der Waals surface area contributed by atoms with E-state index in [1.165, 1.54) is 5.56 Å². The van der Waals surface area contributed by atoms with Crippen LogP contribution in [0.4, 0.5) is 0 Å². The molecule has 25 heavy (non-hydrogen) atoms. The average Bonchev–Trinajstić information content (AvgIpc) is 2.59. The molecule has 7 heteroatoms. The number of nitriles is 1. The van der Waals surface area contributed by atoms with Gasteiger partial charge in [-0.05, 0) is 31.4 Å². The van der Waals surface area contributed by atoms with Crippen molar-refractivity contribution in [1.82, 2.24) is 15.3 Å². The van der Waals surface area contributed by atoms with Gasteiger partial charge in [0.15, 0.2) is 0 Å². The van der Waals surface area contributed by atoms with E-state index in [1.54, 1.807) is 6.92 Å². The molecule has 0 aliphatic rings. The molecule has 0 spiro atoms. The van der Waals surface area contributed by atoms with Gasteiger partial charge in [-0.2, -0.15) is 10.2 Å². The van der Waals surface area contributed by atoms with Crippen molar-refractivity contribution in [3.05, 3.63) is 57.1 Å². The maximum atomic E-state index is 12.2. The van der Waals surface area contributed by atoms with Crippen LogP contribution in [0.3, 0.4) is 0 Å². The number of aromatic nitrogens is 2. The first-order valence-electron chi connectivity index (χ1n) is 7.96. The van der Waals surface area contributed by atoms with Crippen molar-refractivity contribution in [1.29, 1.82) is 5.26 Å². The number of carbonyl (C=O) groups is 1. The first kappa shape index (κ1) is 18.7. The number of nitrogens with one attached hydrogen (secondary N) is 2. The third-order valence-electron chi connectivity index (χ3n) is 3.80. The SMILES string of the molecule is CCc1ccc([C@@H](C)NC(=O)CSc2nc(=O)[nH]c(C)c2C#N)cc1.